The highest BCUT2D eigenvalue weighted by Gasteiger charge is 2.27. The fourth-order valence-corrected chi connectivity index (χ4v) is 5.11. The van der Waals surface area contributed by atoms with E-state index in [1.165, 1.54) is 17.0 Å². The van der Waals surface area contributed by atoms with Gasteiger partial charge in [-0.25, -0.2) is 9.18 Å². The van der Waals surface area contributed by atoms with Crippen molar-refractivity contribution in [3.63, 3.8) is 0 Å². The van der Waals surface area contributed by atoms with E-state index in [4.69, 9.17) is 4.42 Å². The Labute approximate surface area is 218 Å². The summed E-state index contributed by atoms with van der Waals surface area (Å²) in [6.07, 6.45) is 0.479. The maximum atomic E-state index is 15.2. The monoisotopic (exact) mass is 541 g/mol. The second kappa shape index (κ2) is 11.1. The molecule has 3 heterocycles. The molecule has 38 heavy (non-hydrogen) atoms. The molecule has 1 aliphatic rings. The first-order chi connectivity index (χ1) is 18.4. The van der Waals surface area contributed by atoms with E-state index in [1.807, 2.05) is 24.3 Å². The number of carbonyl (C=O) groups excluding carboxylic acids is 1. The Morgan fingerprint density at radius 3 is 2.39 bits per heavy atom. The number of halogens is 3. The SMILES string of the molecule is O=C(N1CCS(=O)CC1)N(Cc1ccc(-c2nnc(C(F)F)o2)cc1F)c1ccc(-c2cccnc2)cc1. The lowest BCUT2D eigenvalue weighted by Crippen LogP contribution is -2.48. The minimum Gasteiger partial charge on any atom is -0.415 e. The molecule has 12 heteroatoms. The third-order valence-electron chi connectivity index (χ3n) is 6.11. The molecular weight excluding hydrogens is 519 g/mol. The molecule has 8 nitrogen and oxygen atoms in total. The Hall–Kier alpha value is -4.06. The highest BCUT2D eigenvalue weighted by Crippen LogP contribution is 2.28. The van der Waals surface area contributed by atoms with Gasteiger partial charge in [0.05, 0.1) is 6.54 Å². The summed E-state index contributed by atoms with van der Waals surface area (Å²) in [7, 11) is -0.968. The van der Waals surface area contributed by atoms with Gasteiger partial charge in [-0.3, -0.25) is 14.1 Å². The van der Waals surface area contributed by atoms with Crippen LogP contribution in [0.5, 0.6) is 0 Å². The van der Waals surface area contributed by atoms with Crippen molar-refractivity contribution in [3.05, 3.63) is 84.3 Å². The highest BCUT2D eigenvalue weighted by atomic mass is 32.2. The lowest BCUT2D eigenvalue weighted by atomic mass is 10.1. The molecule has 0 radical (unpaired) electrons. The zero-order valence-corrected chi connectivity index (χ0v) is 20.8. The van der Waals surface area contributed by atoms with E-state index in [9.17, 15) is 17.8 Å². The van der Waals surface area contributed by atoms with E-state index in [0.717, 1.165) is 17.2 Å². The van der Waals surface area contributed by atoms with Crippen molar-refractivity contribution in [1.82, 2.24) is 20.1 Å². The van der Waals surface area contributed by atoms with Gasteiger partial charge in [-0.1, -0.05) is 24.3 Å². The van der Waals surface area contributed by atoms with Crippen molar-refractivity contribution in [2.45, 2.75) is 13.0 Å². The normalized spacial score (nSPS) is 14.2. The van der Waals surface area contributed by atoms with E-state index >= 15 is 4.39 Å². The third kappa shape index (κ3) is 5.59. The predicted molar refractivity (Wildman–Crippen MR) is 135 cm³/mol. The Morgan fingerprint density at radius 1 is 1.03 bits per heavy atom. The highest BCUT2D eigenvalue weighted by molar-refractivity contribution is 7.85. The zero-order chi connectivity index (χ0) is 26.6. The number of hydrogen-bond acceptors (Lipinski definition) is 6. The topological polar surface area (TPSA) is 92.4 Å². The lowest BCUT2D eigenvalue weighted by molar-refractivity contribution is 0.116. The van der Waals surface area contributed by atoms with Crippen LogP contribution in [0.25, 0.3) is 22.6 Å². The van der Waals surface area contributed by atoms with Crippen LogP contribution in [0.4, 0.5) is 23.7 Å². The smallest absolute Gasteiger partial charge is 0.324 e. The minimum atomic E-state index is -2.93. The first-order valence-electron chi connectivity index (χ1n) is 11.7. The van der Waals surface area contributed by atoms with Crippen LogP contribution in [0.3, 0.4) is 0 Å². The molecule has 196 valence electrons. The lowest BCUT2D eigenvalue weighted by Gasteiger charge is -2.33. The van der Waals surface area contributed by atoms with Gasteiger partial charge < -0.3 is 9.32 Å². The van der Waals surface area contributed by atoms with Crippen LogP contribution in [-0.4, -0.2) is 54.9 Å². The van der Waals surface area contributed by atoms with Crippen molar-refractivity contribution in [2.24, 2.45) is 0 Å². The molecule has 0 spiro atoms. The molecule has 2 aromatic heterocycles. The molecule has 0 unspecified atom stereocenters. The van der Waals surface area contributed by atoms with Gasteiger partial charge in [-0.2, -0.15) is 8.78 Å². The van der Waals surface area contributed by atoms with Gasteiger partial charge in [0.15, 0.2) is 0 Å². The van der Waals surface area contributed by atoms with Crippen molar-refractivity contribution in [1.29, 1.82) is 0 Å². The van der Waals surface area contributed by atoms with Crippen molar-refractivity contribution in [2.75, 3.05) is 29.5 Å². The average molecular weight is 542 g/mol. The largest absolute Gasteiger partial charge is 0.415 e. The Morgan fingerprint density at radius 2 is 1.76 bits per heavy atom. The van der Waals surface area contributed by atoms with E-state index in [-0.39, 0.29) is 29.6 Å². The average Bonchev–Trinajstić information content (AvgIpc) is 3.44. The maximum Gasteiger partial charge on any atom is 0.324 e. The van der Waals surface area contributed by atoms with Crippen LogP contribution in [0, 0.1) is 5.82 Å². The first kappa shape index (κ1) is 25.6. The fraction of sp³-hybridized carbons (Fsp3) is 0.231. The van der Waals surface area contributed by atoms with E-state index in [0.29, 0.717) is 30.3 Å². The summed E-state index contributed by atoms with van der Waals surface area (Å²) in [6.45, 7) is 0.574. The van der Waals surface area contributed by atoms with Crippen LogP contribution in [-0.2, 0) is 17.3 Å². The number of urea groups is 1. The quantitative estimate of drug-likeness (QED) is 0.339. The van der Waals surface area contributed by atoms with Gasteiger partial charge in [0, 0.05) is 64.6 Å². The molecule has 0 N–H and O–H groups in total. The predicted octanol–water partition coefficient (Wildman–Crippen LogP) is 5.07. The Bertz CT molecular complexity index is 1440. The van der Waals surface area contributed by atoms with Gasteiger partial charge >= 0.3 is 12.5 Å². The summed E-state index contributed by atoms with van der Waals surface area (Å²) in [5.74, 6) is -0.978. The molecule has 1 fully saturated rings. The molecule has 5 rings (SSSR count). The van der Waals surface area contributed by atoms with Gasteiger partial charge in [-0.05, 0) is 41.5 Å². The summed E-state index contributed by atoms with van der Waals surface area (Å²) >= 11 is 0. The molecule has 1 saturated heterocycles. The van der Waals surface area contributed by atoms with Crippen LogP contribution < -0.4 is 4.90 Å². The number of carbonyl (C=O) groups is 1. The minimum absolute atomic E-state index is 0.0944. The molecule has 2 amide bonds. The van der Waals surface area contributed by atoms with Crippen LogP contribution in [0.2, 0.25) is 0 Å². The van der Waals surface area contributed by atoms with Crippen LogP contribution >= 0.6 is 0 Å². The van der Waals surface area contributed by atoms with Gasteiger partial charge in [0.25, 0.3) is 5.89 Å². The van der Waals surface area contributed by atoms with E-state index in [2.05, 4.69) is 15.2 Å². The number of pyridine rings is 1. The van der Waals surface area contributed by atoms with E-state index < -0.39 is 28.9 Å². The summed E-state index contributed by atoms with van der Waals surface area (Å²) < 4.78 is 57.5. The fourth-order valence-electron chi connectivity index (χ4n) is 4.05. The molecule has 2 aromatic carbocycles. The van der Waals surface area contributed by atoms with Gasteiger partial charge in [-0.15, -0.1) is 10.2 Å². The third-order valence-corrected chi connectivity index (χ3v) is 7.38. The van der Waals surface area contributed by atoms with Gasteiger partial charge in [0.2, 0.25) is 5.89 Å². The molecular formula is C26H22F3N5O3S. The summed E-state index contributed by atoms with van der Waals surface area (Å²) in [4.78, 5) is 20.7. The van der Waals surface area contributed by atoms with Crippen molar-refractivity contribution >= 4 is 22.5 Å². The number of amides is 2. The number of hydrogen-bond donors (Lipinski definition) is 0. The summed E-state index contributed by atoms with van der Waals surface area (Å²) in [5.41, 5.74) is 2.71. The van der Waals surface area contributed by atoms with Gasteiger partial charge in [0.1, 0.15) is 5.82 Å². The second-order valence-electron chi connectivity index (χ2n) is 8.54. The summed E-state index contributed by atoms with van der Waals surface area (Å²) in [6, 6.07) is 14.7. The zero-order valence-electron chi connectivity index (χ0n) is 20.0. The van der Waals surface area contributed by atoms with Crippen LogP contribution in [0.1, 0.15) is 17.9 Å². The molecule has 0 atom stereocenters. The molecule has 0 aliphatic carbocycles. The maximum absolute atomic E-state index is 15.2. The van der Waals surface area contributed by atoms with E-state index in [1.54, 1.807) is 29.4 Å². The number of alkyl halides is 2. The molecule has 1 aliphatic heterocycles. The summed E-state index contributed by atoms with van der Waals surface area (Å²) in [5, 5.41) is 6.82. The second-order valence-corrected chi connectivity index (χ2v) is 10.2. The van der Waals surface area contributed by atoms with Crippen molar-refractivity contribution < 1.29 is 26.6 Å². The van der Waals surface area contributed by atoms with Crippen molar-refractivity contribution in [3.8, 4) is 22.6 Å². The Balaban J connectivity index is 1.43. The molecule has 4 aromatic rings. The number of nitrogens with zero attached hydrogens (tertiary/aromatic N) is 5. The number of rotatable bonds is 6. The molecule has 0 bridgehead atoms. The number of benzene rings is 2. The van der Waals surface area contributed by atoms with Crippen LogP contribution in [0.15, 0.2) is 71.4 Å². The standard InChI is InChI=1S/C26H22F3N5O3S/c27-22-14-18(24-31-32-25(37-24)23(28)29)3-4-20(22)16-34(26(35)33-10-12-38(36)13-11-33)21-7-5-17(6-8-21)19-2-1-9-30-15-19/h1-9,14-15,23H,10-13,16H2. The Kier molecular flexibility index (Phi) is 7.50. The number of aromatic nitrogens is 3. The first-order valence-corrected chi connectivity index (χ1v) is 13.2. The number of anilines is 1. The molecule has 0 saturated carbocycles.